The molecule has 2 aliphatic rings. The lowest BCUT2D eigenvalue weighted by molar-refractivity contribution is -0.193. The number of likely N-dealkylation sites (N-methyl/N-ethyl adjacent to an activating group) is 1. The second-order valence-electron chi connectivity index (χ2n) is 8.80. The molecule has 1 fully saturated rings. The van der Waals surface area contributed by atoms with E-state index in [0.717, 1.165) is 48.3 Å². The van der Waals surface area contributed by atoms with Crippen molar-refractivity contribution in [3.8, 4) is 11.4 Å². The fourth-order valence-electron chi connectivity index (χ4n) is 3.93. The maximum absolute atomic E-state index is 11.9. The van der Waals surface area contributed by atoms with E-state index in [1.54, 1.807) is 4.90 Å². The first-order valence-electron chi connectivity index (χ1n) is 11.5. The van der Waals surface area contributed by atoms with Crippen molar-refractivity contribution in [2.24, 2.45) is 5.73 Å². The lowest BCUT2D eigenvalue weighted by Gasteiger charge is -2.29. The third kappa shape index (κ3) is 8.60. The normalized spacial score (nSPS) is 17.2. The summed E-state index contributed by atoms with van der Waals surface area (Å²) in [6.07, 6.45) is -6.54. The number of carbonyl (C=O) groups excluding carboxylic acids is 1. The monoisotopic (exact) mass is 584 g/mol. The lowest BCUT2D eigenvalue weighted by Crippen LogP contribution is -2.39. The number of aliphatic carboxylic acids is 2. The van der Waals surface area contributed by atoms with E-state index in [0.29, 0.717) is 30.7 Å². The van der Waals surface area contributed by atoms with Gasteiger partial charge in [-0.2, -0.15) is 31.3 Å². The van der Waals surface area contributed by atoms with Crippen LogP contribution in [0.5, 0.6) is 0 Å². The van der Waals surface area contributed by atoms with E-state index >= 15 is 0 Å². The Hall–Kier alpha value is -3.80. The molecule has 0 saturated carbocycles. The van der Waals surface area contributed by atoms with Crippen LogP contribution in [0.25, 0.3) is 11.4 Å². The van der Waals surface area contributed by atoms with Crippen molar-refractivity contribution in [3.63, 3.8) is 0 Å². The standard InChI is InChI=1S/C18H24N6O2.2C2HF3O2/c1-11-16(17-21-18(26-22-17)12-3-5-23(2)9-12)14-4-6-24(15(25)7-19)10-13(14)8-20-11;2*3-2(4,5)1(6)7/h8,12H,3-7,9-10,19H2,1-2H3;2*(H,6,7). The topological polar surface area (TPSA) is 176 Å². The predicted octanol–water partition coefficient (Wildman–Crippen LogP) is 1.97. The summed E-state index contributed by atoms with van der Waals surface area (Å²) in [5.74, 6) is -3.94. The van der Waals surface area contributed by atoms with Crippen LogP contribution in [-0.2, 0) is 27.3 Å². The number of rotatable bonds is 3. The second-order valence-corrected chi connectivity index (χ2v) is 8.80. The molecule has 2 aromatic rings. The maximum atomic E-state index is 11.9. The molecule has 4 heterocycles. The Balaban J connectivity index is 0.000000333. The molecule has 4 rings (SSSR count). The summed E-state index contributed by atoms with van der Waals surface area (Å²) in [5, 5.41) is 18.5. The van der Waals surface area contributed by atoms with Crippen LogP contribution in [0.4, 0.5) is 26.3 Å². The largest absolute Gasteiger partial charge is 0.490 e. The molecule has 1 unspecified atom stereocenters. The van der Waals surface area contributed by atoms with Gasteiger partial charge in [0.2, 0.25) is 17.6 Å². The van der Waals surface area contributed by atoms with E-state index in [1.165, 1.54) is 0 Å². The van der Waals surface area contributed by atoms with Crippen molar-refractivity contribution >= 4 is 17.8 Å². The number of carboxylic acids is 2. The first kappa shape index (κ1) is 32.4. The Morgan fingerprint density at radius 2 is 1.68 bits per heavy atom. The molecule has 1 amide bonds. The molecule has 1 atom stereocenters. The first-order valence-corrected chi connectivity index (χ1v) is 11.5. The number of fused-ring (bicyclic) bond motifs is 1. The van der Waals surface area contributed by atoms with Gasteiger partial charge in [0.15, 0.2) is 0 Å². The average molecular weight is 584 g/mol. The summed E-state index contributed by atoms with van der Waals surface area (Å²) in [5.41, 5.74) is 9.53. The fraction of sp³-hybridized carbons (Fsp3) is 0.545. The van der Waals surface area contributed by atoms with Crippen molar-refractivity contribution in [1.29, 1.82) is 0 Å². The molecule has 12 nitrogen and oxygen atoms in total. The predicted molar refractivity (Wildman–Crippen MR) is 123 cm³/mol. The number of aryl methyl sites for hydroxylation is 1. The van der Waals surface area contributed by atoms with Gasteiger partial charge in [0, 0.05) is 37.1 Å². The average Bonchev–Trinajstić information content (AvgIpc) is 3.52. The zero-order valence-corrected chi connectivity index (χ0v) is 21.2. The number of likely N-dealkylation sites (tertiary alicyclic amines) is 1. The van der Waals surface area contributed by atoms with Gasteiger partial charge in [0.1, 0.15) is 0 Å². The van der Waals surface area contributed by atoms with Crippen molar-refractivity contribution < 1.29 is 55.5 Å². The molecule has 40 heavy (non-hydrogen) atoms. The molecule has 4 N–H and O–H groups in total. The molecule has 1 saturated heterocycles. The highest BCUT2D eigenvalue weighted by atomic mass is 19.4. The maximum Gasteiger partial charge on any atom is 0.490 e. The highest BCUT2D eigenvalue weighted by Crippen LogP contribution is 2.32. The number of nitrogens with two attached hydrogens (primary N) is 1. The van der Waals surface area contributed by atoms with E-state index in [9.17, 15) is 31.1 Å². The zero-order valence-electron chi connectivity index (χ0n) is 21.2. The number of halogens is 6. The van der Waals surface area contributed by atoms with Crippen LogP contribution >= 0.6 is 0 Å². The zero-order chi connectivity index (χ0) is 30.4. The van der Waals surface area contributed by atoms with Gasteiger partial charge in [-0.3, -0.25) is 9.78 Å². The molecule has 2 aromatic heterocycles. The van der Waals surface area contributed by atoms with Gasteiger partial charge in [-0.05, 0) is 44.5 Å². The number of alkyl halides is 6. The van der Waals surface area contributed by atoms with Gasteiger partial charge in [0.05, 0.1) is 12.5 Å². The minimum atomic E-state index is -5.08. The summed E-state index contributed by atoms with van der Waals surface area (Å²) >= 11 is 0. The first-order chi connectivity index (χ1) is 18.4. The summed E-state index contributed by atoms with van der Waals surface area (Å²) in [4.78, 5) is 43.0. The third-order valence-corrected chi connectivity index (χ3v) is 5.88. The van der Waals surface area contributed by atoms with Gasteiger partial charge in [0.25, 0.3) is 0 Å². The van der Waals surface area contributed by atoms with Crippen LogP contribution in [0.3, 0.4) is 0 Å². The van der Waals surface area contributed by atoms with Crippen LogP contribution in [0.15, 0.2) is 10.7 Å². The number of nitrogens with zero attached hydrogens (tertiary/aromatic N) is 5. The second kappa shape index (κ2) is 13.0. The van der Waals surface area contributed by atoms with E-state index in [1.807, 2.05) is 13.1 Å². The van der Waals surface area contributed by atoms with Crippen LogP contribution in [0.2, 0.25) is 0 Å². The highest BCUT2D eigenvalue weighted by Gasteiger charge is 2.39. The van der Waals surface area contributed by atoms with Gasteiger partial charge in [-0.1, -0.05) is 5.16 Å². The molecule has 0 aromatic carbocycles. The van der Waals surface area contributed by atoms with Crippen LogP contribution in [0.1, 0.15) is 35.1 Å². The van der Waals surface area contributed by atoms with Gasteiger partial charge >= 0.3 is 24.3 Å². The van der Waals surface area contributed by atoms with E-state index in [-0.39, 0.29) is 12.5 Å². The number of aromatic nitrogens is 3. The quantitative estimate of drug-likeness (QED) is 0.450. The molecule has 18 heteroatoms. The van der Waals surface area contributed by atoms with E-state index in [4.69, 9.17) is 35.0 Å². The lowest BCUT2D eigenvalue weighted by atomic mass is 9.94. The van der Waals surface area contributed by atoms with Crippen molar-refractivity contribution in [3.05, 3.63) is 28.9 Å². The molecular formula is C22H26F6N6O6. The van der Waals surface area contributed by atoms with Crippen molar-refractivity contribution in [2.75, 3.05) is 33.2 Å². The van der Waals surface area contributed by atoms with Crippen LogP contribution < -0.4 is 5.73 Å². The van der Waals surface area contributed by atoms with Crippen molar-refractivity contribution in [2.45, 2.75) is 44.6 Å². The Morgan fingerprint density at radius 1 is 1.10 bits per heavy atom. The summed E-state index contributed by atoms with van der Waals surface area (Å²) in [7, 11) is 2.10. The SMILES string of the molecule is Cc1ncc2c(c1-c1noc(C3CCN(C)C3)n1)CCN(C(=O)CN)C2.O=C(O)C(F)(F)F.O=C(O)C(F)(F)F. The molecule has 0 aliphatic carbocycles. The molecular weight excluding hydrogens is 558 g/mol. The molecule has 2 aliphatic heterocycles. The Labute approximate surface area is 222 Å². The minimum absolute atomic E-state index is 0.0333. The molecule has 0 radical (unpaired) electrons. The van der Waals surface area contributed by atoms with Gasteiger partial charge in [-0.15, -0.1) is 0 Å². The number of carboxylic acid groups (broad SMARTS) is 2. The van der Waals surface area contributed by atoms with Gasteiger partial charge < -0.3 is 30.3 Å². The summed E-state index contributed by atoms with van der Waals surface area (Å²) < 4.78 is 69.0. The fourth-order valence-corrected chi connectivity index (χ4v) is 3.93. The van der Waals surface area contributed by atoms with Crippen LogP contribution in [-0.4, -0.2) is 98.6 Å². The minimum Gasteiger partial charge on any atom is -0.475 e. The summed E-state index contributed by atoms with van der Waals surface area (Å²) in [6.45, 7) is 5.18. The number of hydrogen-bond donors (Lipinski definition) is 3. The van der Waals surface area contributed by atoms with Crippen LogP contribution in [0, 0.1) is 6.92 Å². The Kier molecular flexibility index (Phi) is 10.6. The number of amides is 1. The Morgan fingerprint density at radius 3 is 2.15 bits per heavy atom. The van der Waals surface area contributed by atoms with Crippen molar-refractivity contribution in [1.82, 2.24) is 24.9 Å². The van der Waals surface area contributed by atoms with E-state index < -0.39 is 24.3 Å². The Bertz CT molecular complexity index is 1190. The summed E-state index contributed by atoms with van der Waals surface area (Å²) in [6, 6.07) is 0. The molecule has 222 valence electrons. The third-order valence-electron chi connectivity index (χ3n) is 5.88. The number of carbonyl (C=O) groups is 3. The molecule has 0 spiro atoms. The smallest absolute Gasteiger partial charge is 0.475 e. The number of hydrogen-bond acceptors (Lipinski definition) is 9. The molecule has 0 bridgehead atoms. The van der Waals surface area contributed by atoms with Gasteiger partial charge in [-0.25, -0.2) is 9.59 Å². The number of pyridine rings is 1. The highest BCUT2D eigenvalue weighted by molar-refractivity contribution is 5.78. The van der Waals surface area contributed by atoms with E-state index in [2.05, 4.69) is 22.1 Å².